The summed E-state index contributed by atoms with van der Waals surface area (Å²) in [4.78, 5) is 62.4. The van der Waals surface area contributed by atoms with Gasteiger partial charge in [0.25, 0.3) is 0 Å². The first-order chi connectivity index (χ1) is 25.4. The van der Waals surface area contributed by atoms with Crippen LogP contribution < -0.4 is 14.2 Å². The Morgan fingerprint density at radius 3 is 2.29 bits per heavy atom. The number of carbonyl (C=O) groups excluding carboxylic acids is 4. The fourth-order valence-corrected chi connectivity index (χ4v) is 8.77. The SMILES string of the molecule is CCOc1cc(O[C@@H]2C[C@@H](C(=O)C[C@]3(C(=O)NS(=O)(=O)OC4(C)CC4)C[C@H]3CC)N(C(=O)[C@@H](CC(=O)OC(C)(C)C)C(C)(C)C)C2)c2ccc(C)c(C)c2n1. The van der Waals surface area contributed by atoms with E-state index in [0.717, 1.165) is 16.5 Å². The number of aryl methyl sites for hydroxylation is 2. The molecule has 0 radical (unpaired) electrons. The van der Waals surface area contributed by atoms with Crippen LogP contribution in [0.3, 0.4) is 0 Å². The first-order valence-electron chi connectivity index (χ1n) is 19.4. The Morgan fingerprint density at radius 1 is 1.05 bits per heavy atom. The number of hydrogen-bond acceptors (Lipinski definition) is 11. The molecule has 3 fully saturated rings. The van der Waals surface area contributed by atoms with Crippen LogP contribution in [-0.4, -0.2) is 78.4 Å². The van der Waals surface area contributed by atoms with Gasteiger partial charge in [-0.1, -0.05) is 40.2 Å². The van der Waals surface area contributed by atoms with E-state index in [0.29, 0.717) is 49.4 Å². The highest BCUT2D eigenvalue weighted by atomic mass is 32.2. The fourth-order valence-electron chi connectivity index (χ4n) is 7.60. The molecule has 5 rings (SSSR count). The Kier molecular flexibility index (Phi) is 11.8. The van der Waals surface area contributed by atoms with Crippen molar-refractivity contribution in [1.29, 1.82) is 0 Å². The lowest BCUT2D eigenvalue weighted by Crippen LogP contribution is -2.49. The molecule has 2 aliphatic carbocycles. The molecule has 5 atom stereocenters. The van der Waals surface area contributed by atoms with Gasteiger partial charge < -0.3 is 19.1 Å². The molecule has 2 aromatic rings. The number of ether oxygens (including phenoxy) is 3. The summed E-state index contributed by atoms with van der Waals surface area (Å²) in [6.45, 7) is 20.7. The van der Waals surface area contributed by atoms with E-state index in [9.17, 15) is 27.6 Å². The minimum atomic E-state index is -4.41. The lowest BCUT2D eigenvalue weighted by Gasteiger charge is -2.35. The van der Waals surface area contributed by atoms with Crippen molar-refractivity contribution >= 4 is 44.8 Å². The molecule has 14 heteroatoms. The van der Waals surface area contributed by atoms with Gasteiger partial charge in [-0.15, -0.1) is 0 Å². The highest BCUT2D eigenvalue weighted by Crippen LogP contribution is 2.58. The quantitative estimate of drug-likeness (QED) is 0.201. The summed E-state index contributed by atoms with van der Waals surface area (Å²) in [6.07, 6.45) is 0.974. The molecule has 13 nitrogen and oxygen atoms in total. The minimum Gasteiger partial charge on any atom is -0.488 e. The van der Waals surface area contributed by atoms with Crippen LogP contribution in [0, 0.1) is 36.5 Å². The molecule has 1 aromatic carbocycles. The van der Waals surface area contributed by atoms with E-state index < -0.39 is 68.2 Å². The smallest absolute Gasteiger partial charge is 0.362 e. The second-order valence-corrected chi connectivity index (χ2v) is 19.3. The van der Waals surface area contributed by atoms with Crippen LogP contribution in [0.4, 0.5) is 0 Å². The minimum absolute atomic E-state index is 0.0337. The molecule has 1 saturated heterocycles. The Bertz CT molecular complexity index is 1950. The molecule has 304 valence electrons. The van der Waals surface area contributed by atoms with Gasteiger partial charge in [-0.3, -0.25) is 19.2 Å². The summed E-state index contributed by atoms with van der Waals surface area (Å²) in [7, 11) is -4.41. The van der Waals surface area contributed by atoms with Crippen molar-refractivity contribution in [3.8, 4) is 11.6 Å². The van der Waals surface area contributed by atoms with Crippen molar-refractivity contribution in [2.24, 2.45) is 22.7 Å². The predicted molar refractivity (Wildman–Crippen MR) is 207 cm³/mol. The topological polar surface area (TPSA) is 167 Å². The van der Waals surface area contributed by atoms with E-state index in [2.05, 4.69) is 4.72 Å². The molecule has 0 unspecified atom stereocenters. The van der Waals surface area contributed by atoms with Crippen LogP contribution in [0.15, 0.2) is 18.2 Å². The van der Waals surface area contributed by atoms with Crippen LogP contribution in [-0.2, 0) is 38.4 Å². The third-order valence-corrected chi connectivity index (χ3v) is 12.3. The van der Waals surface area contributed by atoms with Gasteiger partial charge in [0.2, 0.25) is 17.7 Å². The van der Waals surface area contributed by atoms with Gasteiger partial charge >= 0.3 is 16.3 Å². The maximum atomic E-state index is 14.7. The number of fused-ring (bicyclic) bond motifs is 1. The Morgan fingerprint density at radius 2 is 1.73 bits per heavy atom. The van der Waals surface area contributed by atoms with Crippen LogP contribution in [0.25, 0.3) is 10.9 Å². The molecule has 1 aromatic heterocycles. The van der Waals surface area contributed by atoms with Crippen molar-refractivity contribution in [2.45, 2.75) is 144 Å². The molecule has 0 bridgehead atoms. The number of likely N-dealkylation sites (tertiary alicyclic amines) is 1. The number of Topliss-reactive ketones (excluding diaryl/α,β-unsaturated/α-hetero) is 1. The lowest BCUT2D eigenvalue weighted by atomic mass is 9.77. The molecule has 2 saturated carbocycles. The number of esters is 1. The number of benzene rings is 1. The summed E-state index contributed by atoms with van der Waals surface area (Å²) in [5.74, 6) is -2.32. The van der Waals surface area contributed by atoms with Crippen molar-refractivity contribution < 1.29 is 46.0 Å². The standard InChI is InChI=1S/C41H59N3O10S/c1-12-26-21-41(26,37(48)43-55(49,50)54-40(11)16-17-40)22-31(45)30-18-27(23-44(30)36(47)29(38(5,6)7)19-34(46)53-39(8,9)10)52-32-20-33(51-13-2)42-35-25(4)24(3)14-15-28(32)35/h14-15,20,26-27,29-30H,12-13,16-19,21-23H2,1-11H3,(H,43,48)/t26-,27-,29-,30+,41-/m1/s1. The lowest BCUT2D eigenvalue weighted by molar-refractivity contribution is -0.161. The van der Waals surface area contributed by atoms with Crippen molar-refractivity contribution in [2.75, 3.05) is 13.2 Å². The number of nitrogens with zero attached hydrogens (tertiary/aromatic N) is 2. The molecule has 2 heterocycles. The first kappa shape index (κ1) is 42.4. The van der Waals surface area contributed by atoms with E-state index in [4.69, 9.17) is 23.4 Å². The number of aromatic nitrogens is 1. The molecule has 1 N–H and O–H groups in total. The van der Waals surface area contributed by atoms with Crippen LogP contribution >= 0.6 is 0 Å². The first-order valence-corrected chi connectivity index (χ1v) is 20.8. The van der Waals surface area contributed by atoms with Gasteiger partial charge in [-0.05, 0) is 96.3 Å². The van der Waals surface area contributed by atoms with Gasteiger partial charge in [0.05, 0.1) is 48.1 Å². The average Bonchev–Trinajstić information content (AvgIpc) is 3.92. The average molecular weight is 786 g/mol. The fraction of sp³-hybridized carbons (Fsp3) is 0.683. The van der Waals surface area contributed by atoms with E-state index in [-0.39, 0.29) is 37.5 Å². The summed E-state index contributed by atoms with van der Waals surface area (Å²) >= 11 is 0. The second kappa shape index (κ2) is 15.3. The van der Waals surface area contributed by atoms with E-state index in [1.165, 1.54) is 4.90 Å². The van der Waals surface area contributed by atoms with Crippen LogP contribution in [0.1, 0.15) is 118 Å². The van der Waals surface area contributed by atoms with Crippen molar-refractivity contribution in [3.63, 3.8) is 0 Å². The monoisotopic (exact) mass is 785 g/mol. The number of ketones is 1. The summed E-state index contributed by atoms with van der Waals surface area (Å²) in [6, 6.07) is 4.61. The van der Waals surface area contributed by atoms with E-state index in [1.807, 2.05) is 60.6 Å². The largest absolute Gasteiger partial charge is 0.488 e. The molecule has 55 heavy (non-hydrogen) atoms. The molecule has 1 aliphatic heterocycles. The normalized spacial score (nSPS) is 23.9. The number of nitrogens with one attached hydrogen (secondary N) is 1. The summed E-state index contributed by atoms with van der Waals surface area (Å²) in [5.41, 5.74) is -0.844. The Labute approximate surface area is 325 Å². The van der Waals surface area contributed by atoms with Gasteiger partial charge in [-0.25, -0.2) is 13.9 Å². The van der Waals surface area contributed by atoms with E-state index >= 15 is 0 Å². The zero-order valence-electron chi connectivity index (χ0n) is 34.3. The van der Waals surface area contributed by atoms with Gasteiger partial charge in [-0.2, -0.15) is 8.42 Å². The van der Waals surface area contributed by atoms with Crippen LogP contribution in [0.2, 0.25) is 0 Å². The number of pyridine rings is 1. The Hall–Kier alpha value is -3.78. The third kappa shape index (κ3) is 9.79. The zero-order valence-corrected chi connectivity index (χ0v) is 35.1. The molecule has 3 aliphatic rings. The highest BCUT2D eigenvalue weighted by molar-refractivity contribution is 7.85. The third-order valence-electron chi connectivity index (χ3n) is 11.2. The Balaban J connectivity index is 1.48. The number of hydrogen-bond donors (Lipinski definition) is 1. The second-order valence-electron chi connectivity index (χ2n) is 18.0. The maximum absolute atomic E-state index is 14.7. The number of rotatable bonds is 15. The van der Waals surface area contributed by atoms with Gasteiger partial charge in [0, 0.05) is 24.3 Å². The van der Waals surface area contributed by atoms with Crippen molar-refractivity contribution in [3.05, 3.63) is 29.3 Å². The maximum Gasteiger partial charge on any atom is 0.362 e. The molecule has 0 spiro atoms. The molecular formula is C41H59N3O10S. The predicted octanol–water partition coefficient (Wildman–Crippen LogP) is 6.30. The van der Waals surface area contributed by atoms with Gasteiger partial charge in [0.15, 0.2) is 5.78 Å². The molecular weight excluding hydrogens is 727 g/mol. The highest BCUT2D eigenvalue weighted by Gasteiger charge is 2.62. The van der Waals surface area contributed by atoms with Gasteiger partial charge in [0.1, 0.15) is 17.5 Å². The number of carbonyl (C=O) groups is 4. The summed E-state index contributed by atoms with van der Waals surface area (Å²) < 4.78 is 51.1. The van der Waals surface area contributed by atoms with Crippen LogP contribution in [0.5, 0.6) is 11.6 Å². The van der Waals surface area contributed by atoms with Crippen molar-refractivity contribution in [1.82, 2.24) is 14.6 Å². The molecule has 2 amide bonds. The zero-order chi connectivity index (χ0) is 40.9. The van der Waals surface area contributed by atoms with E-state index in [1.54, 1.807) is 33.8 Å². The summed E-state index contributed by atoms with van der Waals surface area (Å²) in [5, 5.41) is 0.750. The number of amides is 2.